The van der Waals surface area contributed by atoms with E-state index in [0.29, 0.717) is 25.6 Å². The van der Waals surface area contributed by atoms with Gasteiger partial charge in [-0.2, -0.15) is 0 Å². The van der Waals surface area contributed by atoms with E-state index in [4.69, 9.17) is 10.5 Å². The first-order chi connectivity index (χ1) is 10.1. The number of primary amides is 1. The van der Waals surface area contributed by atoms with Crippen LogP contribution in [0.4, 0.5) is 0 Å². The van der Waals surface area contributed by atoms with Gasteiger partial charge in [0.15, 0.2) is 0 Å². The second kappa shape index (κ2) is 7.22. The molecule has 0 radical (unpaired) electrons. The number of carbonyl (C=O) groups is 2. The fraction of sp³-hybridized carbons (Fsp3) is 0.867. The molecule has 2 aliphatic rings. The third-order valence-corrected chi connectivity index (χ3v) is 4.65. The van der Waals surface area contributed by atoms with Gasteiger partial charge in [0.05, 0.1) is 12.0 Å². The van der Waals surface area contributed by atoms with E-state index < -0.39 is 11.3 Å². The third kappa shape index (κ3) is 3.95. The molecule has 0 aromatic rings. The van der Waals surface area contributed by atoms with Crippen molar-refractivity contribution in [3.05, 3.63) is 0 Å². The van der Waals surface area contributed by atoms with Gasteiger partial charge < -0.3 is 15.8 Å². The summed E-state index contributed by atoms with van der Waals surface area (Å²) < 4.78 is 5.24. The first kappa shape index (κ1) is 16.2. The lowest BCUT2D eigenvalue weighted by Crippen LogP contribution is -2.54. The molecule has 2 heterocycles. The Morgan fingerprint density at radius 2 is 2.10 bits per heavy atom. The van der Waals surface area contributed by atoms with Gasteiger partial charge in [0.2, 0.25) is 5.91 Å². The molecule has 3 N–H and O–H groups in total. The van der Waals surface area contributed by atoms with Gasteiger partial charge in [-0.1, -0.05) is 0 Å². The van der Waals surface area contributed by atoms with Crippen LogP contribution in [0.15, 0.2) is 0 Å². The quantitative estimate of drug-likeness (QED) is 0.711. The minimum absolute atomic E-state index is 0.0906. The van der Waals surface area contributed by atoms with E-state index in [9.17, 15) is 9.59 Å². The van der Waals surface area contributed by atoms with Crippen molar-refractivity contribution >= 4 is 11.9 Å². The van der Waals surface area contributed by atoms with Gasteiger partial charge in [-0.25, -0.2) is 0 Å². The fourth-order valence-electron chi connectivity index (χ4n) is 3.65. The van der Waals surface area contributed by atoms with Crippen LogP contribution in [0.25, 0.3) is 0 Å². The topological polar surface area (TPSA) is 84.7 Å². The van der Waals surface area contributed by atoms with Crippen molar-refractivity contribution in [3.8, 4) is 0 Å². The number of rotatable bonds is 5. The zero-order valence-electron chi connectivity index (χ0n) is 12.9. The predicted octanol–water partition coefficient (Wildman–Crippen LogP) is 0.259. The van der Waals surface area contributed by atoms with Crippen molar-refractivity contribution in [2.24, 2.45) is 11.1 Å². The van der Waals surface area contributed by atoms with Gasteiger partial charge in [0.1, 0.15) is 0 Å². The zero-order valence-corrected chi connectivity index (χ0v) is 12.9. The number of carbonyl (C=O) groups excluding carboxylic acids is 2. The number of nitrogens with two attached hydrogens (primary N) is 1. The molecule has 0 spiro atoms. The Morgan fingerprint density at radius 1 is 1.38 bits per heavy atom. The monoisotopic (exact) mass is 297 g/mol. The molecule has 0 bridgehead atoms. The normalized spacial score (nSPS) is 28.2. The maximum absolute atomic E-state index is 12.4. The van der Waals surface area contributed by atoms with E-state index >= 15 is 0 Å². The lowest BCUT2D eigenvalue weighted by atomic mass is 9.76. The van der Waals surface area contributed by atoms with Crippen LogP contribution in [0.1, 0.15) is 39.0 Å². The van der Waals surface area contributed by atoms with Crippen LogP contribution in [0.3, 0.4) is 0 Å². The molecule has 1 amide bonds. The number of likely N-dealkylation sites (tertiary alicyclic amines) is 1. The molecule has 0 aliphatic carbocycles. The molecule has 0 aromatic heterocycles. The Balaban J connectivity index is 2.11. The smallest absolute Gasteiger partial charge is 0.313 e. The molecule has 0 saturated carbocycles. The third-order valence-electron chi connectivity index (χ3n) is 4.65. The van der Waals surface area contributed by atoms with E-state index in [-0.39, 0.29) is 12.4 Å². The molecule has 2 fully saturated rings. The van der Waals surface area contributed by atoms with Crippen LogP contribution < -0.4 is 11.1 Å². The molecular formula is C15H27N3O3. The number of nitrogens with one attached hydrogen (secondary N) is 1. The van der Waals surface area contributed by atoms with Crippen LogP contribution in [0.5, 0.6) is 0 Å². The van der Waals surface area contributed by atoms with Gasteiger partial charge in [-0.15, -0.1) is 0 Å². The molecule has 0 aromatic carbocycles. The second-order valence-electron chi connectivity index (χ2n) is 6.20. The summed E-state index contributed by atoms with van der Waals surface area (Å²) >= 11 is 0. The number of piperidine rings is 2. The maximum atomic E-state index is 12.4. The molecule has 1 atom stereocenters. The number of ether oxygens (including phenoxy) is 1. The highest BCUT2D eigenvalue weighted by Gasteiger charge is 2.46. The van der Waals surface area contributed by atoms with Crippen molar-refractivity contribution in [2.75, 3.05) is 32.8 Å². The molecular weight excluding hydrogens is 270 g/mol. The number of hydrogen-bond acceptors (Lipinski definition) is 5. The van der Waals surface area contributed by atoms with E-state index in [1.165, 1.54) is 0 Å². The Kier molecular flexibility index (Phi) is 5.58. The highest BCUT2D eigenvalue weighted by molar-refractivity contribution is 5.85. The van der Waals surface area contributed by atoms with Gasteiger partial charge in [-0.3, -0.25) is 14.5 Å². The molecule has 2 aliphatic heterocycles. The molecule has 6 heteroatoms. The summed E-state index contributed by atoms with van der Waals surface area (Å²) in [5, 5.41) is 3.36. The van der Waals surface area contributed by atoms with Crippen molar-refractivity contribution in [2.45, 2.75) is 45.1 Å². The van der Waals surface area contributed by atoms with E-state index in [1.54, 1.807) is 6.92 Å². The second-order valence-corrected chi connectivity index (χ2v) is 6.20. The Morgan fingerprint density at radius 3 is 2.71 bits per heavy atom. The summed E-state index contributed by atoms with van der Waals surface area (Å²) in [4.78, 5) is 26.2. The van der Waals surface area contributed by atoms with Gasteiger partial charge in [0.25, 0.3) is 0 Å². The van der Waals surface area contributed by atoms with E-state index in [1.807, 2.05) is 0 Å². The summed E-state index contributed by atoms with van der Waals surface area (Å²) in [6, 6.07) is 0.494. The number of amides is 1. The highest BCUT2D eigenvalue weighted by atomic mass is 16.5. The molecule has 6 nitrogen and oxygen atoms in total. The molecule has 2 rings (SSSR count). The summed E-state index contributed by atoms with van der Waals surface area (Å²) in [5.41, 5.74) is 4.65. The van der Waals surface area contributed by atoms with Gasteiger partial charge in [0, 0.05) is 19.0 Å². The largest absolute Gasteiger partial charge is 0.466 e. The van der Waals surface area contributed by atoms with Crippen molar-refractivity contribution in [3.63, 3.8) is 0 Å². The number of hydrogen-bond donors (Lipinski definition) is 2. The van der Waals surface area contributed by atoms with Crippen molar-refractivity contribution in [1.29, 1.82) is 0 Å². The molecule has 21 heavy (non-hydrogen) atoms. The first-order valence-electron chi connectivity index (χ1n) is 7.98. The Hall–Kier alpha value is -1.14. The fourth-order valence-corrected chi connectivity index (χ4v) is 3.65. The number of nitrogens with zero attached hydrogens (tertiary/aromatic N) is 1. The predicted molar refractivity (Wildman–Crippen MR) is 79.6 cm³/mol. The van der Waals surface area contributed by atoms with Gasteiger partial charge in [-0.05, 0) is 52.2 Å². The highest BCUT2D eigenvalue weighted by Crippen LogP contribution is 2.36. The SMILES string of the molecule is CCOC(=O)C1(CC(N)=O)CCCN(C2CCNCC2)C1. The molecule has 1 unspecified atom stereocenters. The van der Waals surface area contributed by atoms with Crippen molar-refractivity contribution in [1.82, 2.24) is 10.2 Å². The van der Waals surface area contributed by atoms with Crippen LogP contribution in [0.2, 0.25) is 0 Å². The average Bonchev–Trinajstić information content (AvgIpc) is 2.48. The van der Waals surface area contributed by atoms with Gasteiger partial charge >= 0.3 is 5.97 Å². The lowest BCUT2D eigenvalue weighted by Gasteiger charge is -2.44. The van der Waals surface area contributed by atoms with Crippen LogP contribution in [-0.2, 0) is 14.3 Å². The van der Waals surface area contributed by atoms with E-state index in [0.717, 1.165) is 38.9 Å². The summed E-state index contributed by atoms with van der Waals surface area (Å²) in [5.74, 6) is -0.683. The van der Waals surface area contributed by atoms with Crippen LogP contribution in [-0.4, -0.2) is 55.6 Å². The van der Waals surface area contributed by atoms with Crippen LogP contribution >= 0.6 is 0 Å². The maximum Gasteiger partial charge on any atom is 0.313 e. The zero-order chi connectivity index (χ0) is 15.3. The minimum Gasteiger partial charge on any atom is -0.466 e. The standard InChI is InChI=1S/C15H27N3O3/c1-2-21-14(20)15(10-13(16)19)6-3-9-18(11-15)12-4-7-17-8-5-12/h12,17H,2-11H2,1H3,(H2,16,19). The van der Waals surface area contributed by atoms with E-state index in [2.05, 4.69) is 10.2 Å². The minimum atomic E-state index is -0.745. The lowest BCUT2D eigenvalue weighted by molar-refractivity contribution is -0.162. The summed E-state index contributed by atoms with van der Waals surface area (Å²) in [6.45, 7) is 5.76. The number of esters is 1. The Labute approximate surface area is 126 Å². The average molecular weight is 297 g/mol. The summed E-state index contributed by atoms with van der Waals surface area (Å²) in [7, 11) is 0. The molecule has 120 valence electrons. The van der Waals surface area contributed by atoms with Crippen LogP contribution in [0, 0.1) is 5.41 Å². The Bertz CT molecular complexity index is 382. The van der Waals surface area contributed by atoms with Crippen molar-refractivity contribution < 1.29 is 14.3 Å². The summed E-state index contributed by atoms with van der Waals surface area (Å²) in [6.07, 6.45) is 3.88. The first-order valence-corrected chi connectivity index (χ1v) is 7.98. The molecule has 2 saturated heterocycles.